The third kappa shape index (κ3) is 4.97. The lowest BCUT2D eigenvalue weighted by Crippen LogP contribution is -2.43. The van der Waals surface area contributed by atoms with E-state index in [0.29, 0.717) is 6.54 Å². The molecule has 27 heavy (non-hydrogen) atoms. The molecule has 3 rings (SSSR count). The molecule has 0 atom stereocenters. The zero-order valence-electron chi connectivity index (χ0n) is 16.2. The molecule has 0 saturated heterocycles. The van der Waals surface area contributed by atoms with Gasteiger partial charge in [-0.25, -0.2) is 4.68 Å². The molecule has 0 unspecified atom stereocenters. The van der Waals surface area contributed by atoms with Crippen LogP contribution in [0.2, 0.25) is 0 Å². The summed E-state index contributed by atoms with van der Waals surface area (Å²) in [5.74, 6) is 0.795. The van der Waals surface area contributed by atoms with E-state index in [9.17, 15) is 0 Å². The Morgan fingerprint density at radius 2 is 1.85 bits per heavy atom. The van der Waals surface area contributed by atoms with E-state index < -0.39 is 0 Å². The van der Waals surface area contributed by atoms with Crippen molar-refractivity contribution in [3.8, 4) is 5.69 Å². The van der Waals surface area contributed by atoms with E-state index in [1.54, 1.807) is 13.2 Å². The minimum Gasteiger partial charge on any atom is -0.356 e. The summed E-state index contributed by atoms with van der Waals surface area (Å²) in [6.07, 6.45) is 3.73. The van der Waals surface area contributed by atoms with Crippen molar-refractivity contribution in [1.82, 2.24) is 20.4 Å². The fourth-order valence-electron chi connectivity index (χ4n) is 2.93. The van der Waals surface area contributed by atoms with Gasteiger partial charge in [-0.2, -0.15) is 5.10 Å². The highest BCUT2D eigenvalue weighted by atomic mass is 15.3. The van der Waals surface area contributed by atoms with E-state index >= 15 is 0 Å². The van der Waals surface area contributed by atoms with Crippen molar-refractivity contribution in [2.45, 2.75) is 25.8 Å². The van der Waals surface area contributed by atoms with E-state index in [-0.39, 0.29) is 5.41 Å². The Labute approximate surface area is 161 Å². The molecule has 0 amide bonds. The van der Waals surface area contributed by atoms with Gasteiger partial charge in [-0.05, 0) is 29.3 Å². The maximum absolute atomic E-state index is 4.35. The molecular weight excluding hydrogens is 334 g/mol. The third-order valence-corrected chi connectivity index (χ3v) is 4.62. The summed E-state index contributed by atoms with van der Waals surface area (Å²) < 4.78 is 1.86. The number of nitrogens with zero attached hydrogens (tertiary/aromatic N) is 3. The standard InChI is InChI=1S/C22H27N5/c1-22(2,19-10-5-4-6-11-19)17-25-21(23-3)24-16-18-9-7-12-20(15-18)27-14-8-13-26-27/h4-15H,16-17H2,1-3H3,(H2,23,24,25). The molecule has 1 aromatic heterocycles. The van der Waals surface area contributed by atoms with Crippen LogP contribution in [-0.4, -0.2) is 29.3 Å². The summed E-state index contributed by atoms with van der Waals surface area (Å²) in [5.41, 5.74) is 3.54. The summed E-state index contributed by atoms with van der Waals surface area (Å²) in [7, 11) is 1.80. The zero-order valence-corrected chi connectivity index (χ0v) is 16.2. The van der Waals surface area contributed by atoms with Crippen molar-refractivity contribution in [2.75, 3.05) is 13.6 Å². The molecule has 0 aliphatic heterocycles. The molecule has 2 aromatic carbocycles. The molecule has 2 N–H and O–H groups in total. The van der Waals surface area contributed by atoms with Gasteiger partial charge in [0.25, 0.3) is 0 Å². The highest BCUT2D eigenvalue weighted by Crippen LogP contribution is 2.21. The van der Waals surface area contributed by atoms with Crippen LogP contribution in [0.4, 0.5) is 0 Å². The third-order valence-electron chi connectivity index (χ3n) is 4.62. The molecule has 0 saturated carbocycles. The predicted octanol–water partition coefficient (Wildman–Crippen LogP) is 3.52. The average molecular weight is 361 g/mol. The SMILES string of the molecule is CN=C(NCc1cccc(-n2cccn2)c1)NCC(C)(C)c1ccccc1. The zero-order chi connectivity index (χ0) is 19.1. The van der Waals surface area contributed by atoms with E-state index in [0.717, 1.165) is 18.2 Å². The first-order chi connectivity index (χ1) is 13.1. The van der Waals surface area contributed by atoms with Crippen LogP contribution in [0.1, 0.15) is 25.0 Å². The highest BCUT2D eigenvalue weighted by Gasteiger charge is 2.20. The lowest BCUT2D eigenvalue weighted by atomic mass is 9.85. The van der Waals surface area contributed by atoms with Crippen molar-refractivity contribution < 1.29 is 0 Å². The maximum atomic E-state index is 4.35. The molecule has 0 bridgehead atoms. The quantitative estimate of drug-likeness (QED) is 0.522. The molecule has 0 aliphatic carbocycles. The normalized spacial score (nSPS) is 12.0. The second-order valence-electron chi connectivity index (χ2n) is 7.15. The molecule has 0 radical (unpaired) electrons. The van der Waals surface area contributed by atoms with Crippen LogP contribution < -0.4 is 10.6 Å². The number of rotatable bonds is 6. The molecule has 0 aliphatic rings. The number of aromatic nitrogens is 2. The van der Waals surface area contributed by atoms with Gasteiger partial charge in [0.05, 0.1) is 5.69 Å². The van der Waals surface area contributed by atoms with Crippen molar-refractivity contribution >= 4 is 5.96 Å². The van der Waals surface area contributed by atoms with Crippen LogP contribution in [0.3, 0.4) is 0 Å². The van der Waals surface area contributed by atoms with E-state index in [2.05, 4.69) is 71.0 Å². The van der Waals surface area contributed by atoms with Gasteiger partial charge in [-0.1, -0.05) is 56.3 Å². The topological polar surface area (TPSA) is 54.2 Å². The van der Waals surface area contributed by atoms with Crippen LogP contribution in [-0.2, 0) is 12.0 Å². The van der Waals surface area contributed by atoms with E-state index in [1.165, 1.54) is 11.1 Å². The second kappa shape index (κ2) is 8.54. The Kier molecular flexibility index (Phi) is 5.91. The van der Waals surface area contributed by atoms with Gasteiger partial charge in [-0.15, -0.1) is 0 Å². The fourth-order valence-corrected chi connectivity index (χ4v) is 2.93. The molecule has 1 heterocycles. The van der Waals surface area contributed by atoms with Gasteiger partial charge < -0.3 is 10.6 Å². The first-order valence-corrected chi connectivity index (χ1v) is 9.17. The van der Waals surface area contributed by atoms with Gasteiger partial charge in [0.2, 0.25) is 0 Å². The molecule has 0 fully saturated rings. The van der Waals surface area contributed by atoms with Crippen LogP contribution in [0.15, 0.2) is 78.0 Å². The van der Waals surface area contributed by atoms with Gasteiger partial charge in [0.15, 0.2) is 5.96 Å². The number of benzene rings is 2. The Hall–Kier alpha value is -3.08. The summed E-state index contributed by atoms with van der Waals surface area (Å²) >= 11 is 0. The lowest BCUT2D eigenvalue weighted by Gasteiger charge is -2.26. The van der Waals surface area contributed by atoms with Gasteiger partial charge in [0.1, 0.15) is 0 Å². The highest BCUT2D eigenvalue weighted by molar-refractivity contribution is 5.79. The molecule has 140 valence electrons. The van der Waals surface area contributed by atoms with Gasteiger partial charge >= 0.3 is 0 Å². The smallest absolute Gasteiger partial charge is 0.191 e. The van der Waals surface area contributed by atoms with Crippen LogP contribution in [0.5, 0.6) is 0 Å². The molecule has 5 nitrogen and oxygen atoms in total. The van der Waals surface area contributed by atoms with Gasteiger partial charge in [0, 0.05) is 37.9 Å². The summed E-state index contributed by atoms with van der Waals surface area (Å²) in [6, 6.07) is 20.8. The van der Waals surface area contributed by atoms with E-state index in [4.69, 9.17) is 0 Å². The average Bonchev–Trinajstić information content (AvgIpc) is 3.24. The Balaban J connectivity index is 1.58. The van der Waals surface area contributed by atoms with Crippen molar-refractivity contribution in [2.24, 2.45) is 4.99 Å². The minimum atomic E-state index is 0.0128. The Morgan fingerprint density at radius 3 is 2.56 bits per heavy atom. The molecule has 5 heteroatoms. The maximum Gasteiger partial charge on any atom is 0.191 e. The predicted molar refractivity (Wildman–Crippen MR) is 111 cm³/mol. The number of hydrogen-bond donors (Lipinski definition) is 2. The van der Waals surface area contributed by atoms with E-state index in [1.807, 2.05) is 35.1 Å². The number of nitrogens with one attached hydrogen (secondary N) is 2. The van der Waals surface area contributed by atoms with Crippen LogP contribution >= 0.6 is 0 Å². The first-order valence-electron chi connectivity index (χ1n) is 9.17. The largest absolute Gasteiger partial charge is 0.356 e. The molecule has 0 spiro atoms. The summed E-state index contributed by atoms with van der Waals surface area (Å²) in [6.45, 7) is 5.96. The fraction of sp³-hybridized carbons (Fsp3) is 0.273. The monoisotopic (exact) mass is 361 g/mol. The van der Waals surface area contributed by atoms with Crippen LogP contribution in [0.25, 0.3) is 5.69 Å². The Bertz CT molecular complexity index is 867. The number of hydrogen-bond acceptors (Lipinski definition) is 2. The van der Waals surface area contributed by atoms with Gasteiger partial charge in [-0.3, -0.25) is 4.99 Å². The van der Waals surface area contributed by atoms with Crippen molar-refractivity contribution in [1.29, 1.82) is 0 Å². The van der Waals surface area contributed by atoms with Crippen LogP contribution in [0, 0.1) is 0 Å². The molecular formula is C22H27N5. The van der Waals surface area contributed by atoms with Crippen molar-refractivity contribution in [3.63, 3.8) is 0 Å². The lowest BCUT2D eigenvalue weighted by molar-refractivity contribution is 0.508. The Morgan fingerprint density at radius 1 is 1.04 bits per heavy atom. The summed E-state index contributed by atoms with van der Waals surface area (Å²) in [5, 5.41) is 11.1. The molecule has 3 aromatic rings. The first kappa shape index (κ1) is 18.7. The van der Waals surface area contributed by atoms with Crippen molar-refractivity contribution in [3.05, 3.63) is 84.2 Å². The number of guanidine groups is 1. The second-order valence-corrected chi connectivity index (χ2v) is 7.15. The summed E-state index contributed by atoms with van der Waals surface area (Å²) in [4.78, 5) is 4.35. The minimum absolute atomic E-state index is 0.0128. The number of aliphatic imine (C=N–C) groups is 1.